The molecule has 21 heteroatoms. The van der Waals surface area contributed by atoms with E-state index < -0.39 is 77.2 Å². The summed E-state index contributed by atoms with van der Waals surface area (Å²) in [6.45, 7) is 10.2. The number of ether oxygens (including phenoxy) is 4. The Morgan fingerprint density at radius 1 is 0.901 bits per heavy atom. The molecule has 8 atom stereocenters. The molecule has 8 rings (SSSR count). The molecule has 3 fully saturated rings. The highest BCUT2D eigenvalue weighted by atomic mass is 32.2. The highest BCUT2D eigenvalue weighted by Gasteiger charge is 2.60. The quantitative estimate of drug-likeness (QED) is 0.0188. The van der Waals surface area contributed by atoms with Crippen LogP contribution in [0.15, 0.2) is 95.7 Å². The summed E-state index contributed by atoms with van der Waals surface area (Å²) in [5.41, 5.74) is 1.75. The number of fused-ring (bicyclic) bond motifs is 1. The number of aromatic nitrogens is 1. The highest BCUT2D eigenvalue weighted by Crippen LogP contribution is 2.52. The summed E-state index contributed by atoms with van der Waals surface area (Å²) >= 11 is 1.33. The van der Waals surface area contributed by atoms with E-state index in [0.717, 1.165) is 11.1 Å². The average Bonchev–Trinajstić information content (AvgIpc) is 2.33. The zero-order valence-electron chi connectivity index (χ0n) is 46.7. The molecule has 5 heterocycles. The van der Waals surface area contributed by atoms with E-state index in [2.05, 4.69) is 15.6 Å². The molecule has 4 aromatic rings. The molecule has 0 unspecified atom stereocenters. The molecule has 3 aromatic carbocycles. The standard InChI is InChI=1S/C60H72N6O14S/c1-8-60(4,5)53(68)56(71)65-25-10-9-17-43(65)59(76)80-45(20-18-36-19-21-46(77-6)47(27-36)78-7)38-13-12-16-41(30-38)79-26-24-62-48-28-37(22-23-61-48)32-64-33-42(31-44(64)54(69)63-40-15-11-14-39(29-40)57(72)73)81-52-34(2)50-49(35(3)67)55(70)66(50)51(52)58(74)75/h11-16,19,21-23,27-30,34-35,42-45,49-50,67H,8-10,17-18,20,24-26,31-33H2,1-7H3,(H,61,62)(H,63,69)(H,72,73)(H,74,75)/t34-,35-,42+,43+,44+,45-,49-,50-/m1/s1. The van der Waals surface area contributed by atoms with Gasteiger partial charge in [-0.1, -0.05) is 52.0 Å². The minimum atomic E-state index is -1.24. The first-order valence-corrected chi connectivity index (χ1v) is 28.3. The maximum Gasteiger partial charge on any atom is 0.353 e. The van der Waals surface area contributed by atoms with Crippen molar-refractivity contribution in [2.75, 3.05) is 51.1 Å². The number of pyridine rings is 1. The van der Waals surface area contributed by atoms with Crippen LogP contribution in [0.25, 0.3) is 0 Å². The van der Waals surface area contributed by atoms with E-state index in [-0.39, 0.29) is 41.5 Å². The third-order valence-electron chi connectivity index (χ3n) is 15.9. The molecule has 3 saturated heterocycles. The Morgan fingerprint density at radius 3 is 2.38 bits per heavy atom. The van der Waals surface area contributed by atoms with Crippen LogP contribution < -0.4 is 24.8 Å². The molecule has 4 aliphatic rings. The predicted molar refractivity (Wildman–Crippen MR) is 302 cm³/mol. The van der Waals surface area contributed by atoms with Crippen molar-refractivity contribution in [2.24, 2.45) is 17.3 Å². The van der Waals surface area contributed by atoms with E-state index >= 15 is 0 Å². The SMILES string of the molecule is CCC(C)(C)C(=O)C(=O)N1CCCC[C@H]1C(=O)O[C@H](CCc1ccc(OC)c(OC)c1)c1cccc(OCCNc2cc(CN3C[C@@H](SC4=C(C(=O)O)N5C(=O)[C@H]([C@@H](C)O)[C@H]5[C@H]4C)C[C@H]3C(=O)Nc3cccc(C(=O)O)c3)ccn2)c1. The Kier molecular flexibility index (Phi) is 19.1. The van der Waals surface area contributed by atoms with Crippen molar-refractivity contribution in [3.05, 3.63) is 118 Å². The second kappa shape index (κ2) is 26.0. The summed E-state index contributed by atoms with van der Waals surface area (Å²) in [5, 5.41) is 36.3. The summed E-state index contributed by atoms with van der Waals surface area (Å²) in [7, 11) is 3.12. The maximum absolute atomic E-state index is 14.2. The number of piperidine rings is 1. The van der Waals surface area contributed by atoms with Crippen LogP contribution in [0.5, 0.6) is 17.2 Å². The normalized spacial score (nSPS) is 21.6. The van der Waals surface area contributed by atoms with Gasteiger partial charge < -0.3 is 54.7 Å². The van der Waals surface area contributed by atoms with Gasteiger partial charge in [0.1, 0.15) is 36.0 Å². The highest BCUT2D eigenvalue weighted by molar-refractivity contribution is 8.03. The number of methoxy groups -OCH3 is 2. The van der Waals surface area contributed by atoms with Crippen molar-refractivity contribution in [3.8, 4) is 17.2 Å². The fourth-order valence-corrected chi connectivity index (χ4v) is 12.7. The number of likely N-dealkylation sites (tertiary alicyclic amines) is 2. The zero-order valence-corrected chi connectivity index (χ0v) is 47.5. The number of carboxylic acids is 2. The number of carbonyl (C=O) groups excluding carboxylic acids is 5. The number of anilines is 2. The number of nitrogens with one attached hydrogen (secondary N) is 2. The number of Topliss-reactive ketones (excluding diaryl/α,β-unsaturated/α-hetero) is 1. The zero-order chi connectivity index (χ0) is 58.3. The minimum absolute atomic E-state index is 0.00795. The van der Waals surface area contributed by atoms with Crippen molar-refractivity contribution in [1.82, 2.24) is 19.7 Å². The first-order chi connectivity index (χ1) is 38.7. The number of carboxylic acid groups (broad SMARTS) is 2. The van der Waals surface area contributed by atoms with Crippen LogP contribution in [-0.4, -0.2) is 146 Å². The number of aliphatic hydroxyl groups is 1. The third-order valence-corrected chi connectivity index (χ3v) is 17.4. The van der Waals surface area contributed by atoms with E-state index in [9.17, 15) is 48.9 Å². The maximum atomic E-state index is 14.2. The largest absolute Gasteiger partial charge is 0.493 e. The van der Waals surface area contributed by atoms with Gasteiger partial charge in [0.2, 0.25) is 17.6 Å². The third kappa shape index (κ3) is 13.5. The van der Waals surface area contributed by atoms with Gasteiger partial charge in [0.25, 0.3) is 5.91 Å². The Morgan fingerprint density at radius 2 is 1.67 bits per heavy atom. The number of benzene rings is 3. The van der Waals surface area contributed by atoms with E-state index in [1.807, 2.05) is 67.3 Å². The number of aromatic carboxylic acids is 1. The first kappa shape index (κ1) is 59.6. The molecule has 3 amide bonds. The fraction of sp³-hybridized carbons (Fsp3) is 0.467. The molecule has 0 radical (unpaired) electrons. The first-order valence-electron chi connectivity index (χ1n) is 27.4. The molecule has 81 heavy (non-hydrogen) atoms. The predicted octanol–water partition coefficient (Wildman–Crippen LogP) is 7.36. The summed E-state index contributed by atoms with van der Waals surface area (Å²) in [6.07, 6.45) is 3.32. The number of hydrogen-bond acceptors (Lipinski definition) is 16. The number of rotatable bonds is 25. The van der Waals surface area contributed by atoms with Crippen LogP contribution in [0, 0.1) is 17.3 Å². The number of nitrogens with zero attached hydrogens (tertiary/aromatic N) is 4. The molecule has 0 spiro atoms. The number of ketones is 1. The Bertz CT molecular complexity index is 3060. The van der Waals surface area contributed by atoms with Gasteiger partial charge in [-0.3, -0.25) is 24.1 Å². The van der Waals surface area contributed by atoms with E-state index in [1.165, 1.54) is 40.6 Å². The smallest absolute Gasteiger partial charge is 0.353 e. The monoisotopic (exact) mass is 1130 g/mol. The molecule has 20 nitrogen and oxygen atoms in total. The van der Waals surface area contributed by atoms with Gasteiger partial charge in [0, 0.05) is 53.0 Å². The number of β-lactam (4-membered cyclic amide) rings is 1. The van der Waals surface area contributed by atoms with Crippen LogP contribution in [0.4, 0.5) is 11.5 Å². The van der Waals surface area contributed by atoms with Crippen LogP contribution in [0.1, 0.15) is 106 Å². The summed E-state index contributed by atoms with van der Waals surface area (Å²) in [4.78, 5) is 103. The minimum Gasteiger partial charge on any atom is -0.493 e. The lowest BCUT2D eigenvalue weighted by Gasteiger charge is -2.46. The molecular weight excluding hydrogens is 1060 g/mol. The van der Waals surface area contributed by atoms with Gasteiger partial charge in [-0.2, -0.15) is 0 Å². The van der Waals surface area contributed by atoms with Gasteiger partial charge in [-0.25, -0.2) is 19.4 Å². The molecule has 5 N–H and O–H groups in total. The second-order valence-corrected chi connectivity index (χ2v) is 23.0. The molecule has 1 aromatic heterocycles. The lowest BCUT2D eigenvalue weighted by atomic mass is 9.79. The lowest BCUT2D eigenvalue weighted by molar-refractivity contribution is -0.164. The number of aliphatic hydroxyl groups excluding tert-OH is 1. The van der Waals surface area contributed by atoms with Crippen molar-refractivity contribution >= 4 is 64.7 Å². The number of hydrogen-bond donors (Lipinski definition) is 5. The number of thioether (sulfide) groups is 1. The number of amides is 3. The van der Waals surface area contributed by atoms with Crippen molar-refractivity contribution in [3.63, 3.8) is 0 Å². The van der Waals surface area contributed by atoms with E-state index in [1.54, 1.807) is 52.5 Å². The summed E-state index contributed by atoms with van der Waals surface area (Å²) in [6, 6.07) is 20.4. The number of aryl methyl sites for hydroxylation is 1. The molecule has 432 valence electrons. The Balaban J connectivity index is 0.945. The molecule has 0 saturated carbocycles. The van der Waals surface area contributed by atoms with E-state index in [0.29, 0.717) is 104 Å². The van der Waals surface area contributed by atoms with Crippen molar-refractivity contribution < 1.29 is 67.8 Å². The average molecular weight is 1130 g/mol. The van der Waals surface area contributed by atoms with Gasteiger partial charge >= 0.3 is 17.9 Å². The summed E-state index contributed by atoms with van der Waals surface area (Å²) < 4.78 is 23.6. The molecule has 0 aliphatic carbocycles. The topological polar surface area (TPSA) is 264 Å². The van der Waals surface area contributed by atoms with Crippen molar-refractivity contribution in [1.29, 1.82) is 0 Å². The number of aliphatic carboxylic acids is 1. The molecule has 0 bridgehead atoms. The van der Waals surface area contributed by atoms with Gasteiger partial charge in [-0.05, 0) is 123 Å². The van der Waals surface area contributed by atoms with Gasteiger partial charge in [0.05, 0.1) is 50.4 Å². The Hall–Kier alpha value is -7.49. The lowest BCUT2D eigenvalue weighted by Crippen LogP contribution is -2.63. The molecular formula is C60H72N6O14S. The number of esters is 1. The second-order valence-electron chi connectivity index (χ2n) is 21.7. The van der Waals surface area contributed by atoms with Crippen LogP contribution in [0.2, 0.25) is 0 Å². The van der Waals surface area contributed by atoms with E-state index in [4.69, 9.17) is 18.9 Å². The van der Waals surface area contributed by atoms with Crippen molar-refractivity contribution in [2.45, 2.75) is 122 Å². The van der Waals surface area contributed by atoms with Crippen LogP contribution >= 0.6 is 11.8 Å². The fourth-order valence-electron chi connectivity index (χ4n) is 11.1. The van der Waals surface area contributed by atoms with Gasteiger partial charge in [-0.15, -0.1) is 11.8 Å². The van der Waals surface area contributed by atoms with Crippen LogP contribution in [-0.2, 0) is 46.5 Å². The van der Waals surface area contributed by atoms with Gasteiger partial charge in [0.15, 0.2) is 11.5 Å². The molecule has 4 aliphatic heterocycles. The number of carbonyl (C=O) groups is 7. The Labute approximate surface area is 475 Å². The van der Waals surface area contributed by atoms with Crippen LogP contribution in [0.3, 0.4) is 0 Å². The summed E-state index contributed by atoms with van der Waals surface area (Å²) in [5.74, 6) is -3.86.